The van der Waals surface area contributed by atoms with E-state index in [2.05, 4.69) is 18.7 Å². The zero-order valence-electron chi connectivity index (χ0n) is 14.2. The van der Waals surface area contributed by atoms with Crippen molar-refractivity contribution < 1.29 is 9.90 Å². The molecule has 0 fully saturated rings. The van der Waals surface area contributed by atoms with E-state index in [0.29, 0.717) is 16.1 Å². The van der Waals surface area contributed by atoms with Crippen LogP contribution < -0.4 is 4.90 Å². The molecule has 2 aromatic rings. The van der Waals surface area contributed by atoms with Crippen LogP contribution in [0.3, 0.4) is 0 Å². The molecule has 3 nitrogen and oxygen atoms in total. The first-order valence-electron chi connectivity index (χ1n) is 8.40. The van der Waals surface area contributed by atoms with Gasteiger partial charge in [0.2, 0.25) is 0 Å². The molecule has 0 saturated heterocycles. The summed E-state index contributed by atoms with van der Waals surface area (Å²) >= 11 is 6.07. The molecule has 2 rings (SSSR count). The molecule has 1 N–H and O–H groups in total. The summed E-state index contributed by atoms with van der Waals surface area (Å²) in [6.07, 6.45) is 0.907. The van der Waals surface area contributed by atoms with Gasteiger partial charge in [0.05, 0.1) is 0 Å². The van der Waals surface area contributed by atoms with Gasteiger partial charge in [0, 0.05) is 34.9 Å². The average Bonchev–Trinajstić information content (AvgIpc) is 2.61. The van der Waals surface area contributed by atoms with Crippen LogP contribution in [-0.2, 0) is 0 Å². The van der Waals surface area contributed by atoms with E-state index in [1.54, 1.807) is 36.4 Å². The van der Waals surface area contributed by atoms with Crippen molar-refractivity contribution in [2.24, 2.45) is 0 Å². The number of hydrogen-bond donors (Lipinski definition) is 1. The highest BCUT2D eigenvalue weighted by atomic mass is 35.5. The molecule has 4 heteroatoms. The highest BCUT2D eigenvalue weighted by Crippen LogP contribution is 2.26. The summed E-state index contributed by atoms with van der Waals surface area (Å²) in [5.74, 6) is -0.341. The van der Waals surface area contributed by atoms with E-state index in [4.69, 9.17) is 11.6 Å². The van der Waals surface area contributed by atoms with Crippen LogP contribution in [0.15, 0.2) is 48.5 Å². The van der Waals surface area contributed by atoms with Crippen molar-refractivity contribution in [3.63, 3.8) is 0 Å². The van der Waals surface area contributed by atoms with Crippen molar-refractivity contribution in [3.8, 4) is 0 Å². The molecule has 0 spiro atoms. The summed E-state index contributed by atoms with van der Waals surface area (Å²) in [6.45, 7) is 6.29. The number of ketones is 1. The maximum atomic E-state index is 12.5. The number of aliphatic hydroxyl groups is 1. The first-order chi connectivity index (χ1) is 11.6. The topological polar surface area (TPSA) is 40.5 Å². The molecule has 1 atom stereocenters. The first-order valence-corrected chi connectivity index (χ1v) is 8.78. The summed E-state index contributed by atoms with van der Waals surface area (Å²) in [4.78, 5) is 14.8. The van der Waals surface area contributed by atoms with Gasteiger partial charge in [0.1, 0.15) is 6.10 Å². The van der Waals surface area contributed by atoms with Gasteiger partial charge < -0.3 is 10.0 Å². The standard InChI is InChI=1S/C20H24ClNO2/c1-3-13-22(14-4-2)16-11-9-15(10-12-16)19(23)20(24)17-7-5-6-8-18(17)21/h5-12,20,24H,3-4,13-14H2,1-2H3. The number of rotatable bonds is 8. The smallest absolute Gasteiger partial charge is 0.195 e. The van der Waals surface area contributed by atoms with Gasteiger partial charge in [-0.05, 0) is 43.2 Å². The van der Waals surface area contributed by atoms with Gasteiger partial charge >= 0.3 is 0 Å². The van der Waals surface area contributed by atoms with Gasteiger partial charge in [-0.3, -0.25) is 4.79 Å². The maximum absolute atomic E-state index is 12.5. The van der Waals surface area contributed by atoms with Crippen LogP contribution >= 0.6 is 11.6 Å². The Bertz CT molecular complexity index is 664. The quantitative estimate of drug-likeness (QED) is 0.693. The lowest BCUT2D eigenvalue weighted by atomic mass is 9.99. The molecule has 128 valence electrons. The van der Waals surface area contributed by atoms with Gasteiger partial charge in [-0.2, -0.15) is 0 Å². The zero-order valence-corrected chi connectivity index (χ0v) is 15.0. The fourth-order valence-corrected chi connectivity index (χ4v) is 2.98. The van der Waals surface area contributed by atoms with Gasteiger partial charge in [-0.15, -0.1) is 0 Å². The highest BCUT2D eigenvalue weighted by molar-refractivity contribution is 6.31. The van der Waals surface area contributed by atoms with Crippen molar-refractivity contribution in [1.82, 2.24) is 0 Å². The molecular weight excluding hydrogens is 322 g/mol. The molecule has 0 amide bonds. The molecule has 0 aliphatic carbocycles. The van der Waals surface area contributed by atoms with E-state index in [1.165, 1.54) is 0 Å². The van der Waals surface area contributed by atoms with E-state index in [1.807, 2.05) is 12.1 Å². The molecule has 0 aliphatic heterocycles. The number of nitrogens with zero attached hydrogens (tertiary/aromatic N) is 1. The third-order valence-electron chi connectivity index (χ3n) is 3.95. The molecule has 2 aromatic carbocycles. The van der Waals surface area contributed by atoms with E-state index >= 15 is 0 Å². The molecule has 0 heterocycles. The van der Waals surface area contributed by atoms with E-state index in [-0.39, 0.29) is 5.78 Å². The van der Waals surface area contributed by atoms with Crippen LogP contribution in [0, 0.1) is 0 Å². The Hall–Kier alpha value is -1.84. The SMILES string of the molecule is CCCN(CCC)c1ccc(C(=O)C(O)c2ccccc2Cl)cc1. The molecule has 0 aromatic heterocycles. The molecule has 0 bridgehead atoms. The number of hydrogen-bond acceptors (Lipinski definition) is 3. The summed E-state index contributed by atoms with van der Waals surface area (Å²) < 4.78 is 0. The summed E-state index contributed by atoms with van der Waals surface area (Å²) in [6, 6.07) is 14.3. The third-order valence-corrected chi connectivity index (χ3v) is 4.30. The molecule has 0 saturated carbocycles. The third kappa shape index (κ3) is 4.37. The van der Waals surface area contributed by atoms with Gasteiger partial charge in [-0.25, -0.2) is 0 Å². The number of Topliss-reactive ketones (excluding diaryl/α,β-unsaturated/α-hetero) is 1. The number of halogens is 1. The molecule has 0 aliphatic rings. The Labute approximate surface area is 148 Å². The minimum absolute atomic E-state index is 0.341. The van der Waals surface area contributed by atoms with E-state index < -0.39 is 6.10 Å². The largest absolute Gasteiger partial charge is 0.380 e. The van der Waals surface area contributed by atoms with Gasteiger partial charge in [0.15, 0.2) is 5.78 Å². The lowest BCUT2D eigenvalue weighted by molar-refractivity contribution is 0.0747. The highest BCUT2D eigenvalue weighted by Gasteiger charge is 2.21. The Morgan fingerprint density at radius 1 is 1.04 bits per heavy atom. The van der Waals surface area contributed by atoms with E-state index in [0.717, 1.165) is 31.6 Å². The zero-order chi connectivity index (χ0) is 17.5. The summed E-state index contributed by atoms with van der Waals surface area (Å²) in [7, 11) is 0. The number of carbonyl (C=O) groups is 1. The van der Waals surface area contributed by atoms with Gasteiger partial charge in [-0.1, -0.05) is 43.6 Å². The predicted molar refractivity (Wildman–Crippen MR) is 100.0 cm³/mol. The molecule has 0 radical (unpaired) electrons. The second-order valence-corrected chi connectivity index (χ2v) is 6.23. The summed E-state index contributed by atoms with van der Waals surface area (Å²) in [5.41, 5.74) is 2.02. The minimum atomic E-state index is -1.24. The van der Waals surface area contributed by atoms with Crippen molar-refractivity contribution in [2.45, 2.75) is 32.8 Å². The molecule has 24 heavy (non-hydrogen) atoms. The fraction of sp³-hybridized carbons (Fsp3) is 0.350. The molecule has 1 unspecified atom stereocenters. The predicted octanol–water partition coefficient (Wildman–Crippen LogP) is 4.88. The maximum Gasteiger partial charge on any atom is 0.195 e. The Morgan fingerprint density at radius 2 is 1.62 bits per heavy atom. The van der Waals surface area contributed by atoms with Crippen LogP contribution in [0.1, 0.15) is 48.7 Å². The van der Waals surface area contributed by atoms with Crippen LogP contribution in [0.25, 0.3) is 0 Å². The lowest BCUT2D eigenvalue weighted by Crippen LogP contribution is -2.24. The second-order valence-electron chi connectivity index (χ2n) is 5.82. The molecular formula is C20H24ClNO2. The number of benzene rings is 2. The van der Waals surface area contributed by atoms with Crippen molar-refractivity contribution in [3.05, 3.63) is 64.7 Å². The number of anilines is 1. The first kappa shape index (κ1) is 18.5. The average molecular weight is 346 g/mol. The van der Waals surface area contributed by atoms with E-state index in [9.17, 15) is 9.90 Å². The van der Waals surface area contributed by atoms with Gasteiger partial charge in [0.25, 0.3) is 0 Å². The van der Waals surface area contributed by atoms with Crippen LogP contribution in [0.2, 0.25) is 5.02 Å². The summed E-state index contributed by atoms with van der Waals surface area (Å²) in [5, 5.41) is 10.7. The van der Waals surface area contributed by atoms with Crippen molar-refractivity contribution in [2.75, 3.05) is 18.0 Å². The normalized spacial score (nSPS) is 12.0. The number of aliphatic hydroxyl groups excluding tert-OH is 1. The number of carbonyl (C=O) groups excluding carboxylic acids is 1. The fourth-order valence-electron chi connectivity index (χ4n) is 2.74. The van der Waals surface area contributed by atoms with Crippen LogP contribution in [0.5, 0.6) is 0 Å². The van der Waals surface area contributed by atoms with Crippen LogP contribution in [-0.4, -0.2) is 24.0 Å². The lowest BCUT2D eigenvalue weighted by Gasteiger charge is -2.24. The van der Waals surface area contributed by atoms with Crippen molar-refractivity contribution in [1.29, 1.82) is 0 Å². The minimum Gasteiger partial charge on any atom is -0.380 e. The Kier molecular flexibility index (Phi) is 6.83. The Balaban J connectivity index is 2.17. The second kappa shape index (κ2) is 8.86. The monoisotopic (exact) mass is 345 g/mol. The van der Waals surface area contributed by atoms with Crippen LogP contribution in [0.4, 0.5) is 5.69 Å². The Morgan fingerprint density at radius 3 is 2.17 bits per heavy atom. The van der Waals surface area contributed by atoms with Crippen molar-refractivity contribution >= 4 is 23.1 Å².